The summed E-state index contributed by atoms with van der Waals surface area (Å²) in [5.41, 5.74) is 1.97. The molecule has 0 unspecified atom stereocenters. The Hall–Kier alpha value is -2.93. The van der Waals surface area contributed by atoms with Gasteiger partial charge in [0, 0.05) is 18.2 Å². The van der Waals surface area contributed by atoms with Gasteiger partial charge in [-0.2, -0.15) is 0 Å². The largest absolute Gasteiger partial charge is 0.497 e. The normalized spacial score (nSPS) is 14.6. The molecule has 6 nitrogen and oxygen atoms in total. The van der Waals surface area contributed by atoms with E-state index in [9.17, 15) is 9.59 Å². The lowest BCUT2D eigenvalue weighted by Gasteiger charge is -2.24. The zero-order valence-electron chi connectivity index (χ0n) is 16.9. The highest BCUT2D eigenvalue weighted by Gasteiger charge is 2.19. The first kappa shape index (κ1) is 20.3. The second-order valence-corrected chi connectivity index (χ2v) is 8.07. The van der Waals surface area contributed by atoms with Crippen molar-refractivity contribution in [3.05, 3.63) is 68.7 Å². The number of nitrogens with one attached hydrogen (secondary N) is 2. The fraction of sp³-hybridized carbons (Fsp3) is 0.348. The molecule has 1 fully saturated rings. The molecule has 30 heavy (non-hydrogen) atoms. The monoisotopic (exact) mass is 423 g/mol. The Balaban J connectivity index is 1.56. The van der Waals surface area contributed by atoms with E-state index < -0.39 is 0 Å². The van der Waals surface area contributed by atoms with Crippen LogP contribution in [0.5, 0.6) is 5.75 Å². The first-order chi connectivity index (χ1) is 14.6. The van der Waals surface area contributed by atoms with E-state index in [1.54, 1.807) is 29.9 Å². The number of H-pyrrole nitrogens is 1. The molecule has 0 radical (unpaired) electrons. The molecule has 0 spiro atoms. The molecule has 0 aliphatic heterocycles. The first-order valence-electron chi connectivity index (χ1n) is 10.3. The molecule has 4 rings (SSSR count). The van der Waals surface area contributed by atoms with Gasteiger partial charge < -0.3 is 15.0 Å². The Morgan fingerprint density at radius 3 is 2.60 bits per heavy atom. The van der Waals surface area contributed by atoms with Gasteiger partial charge in [-0.25, -0.2) is 0 Å². The topological polar surface area (TPSA) is 76.1 Å². The molecule has 2 aromatic carbocycles. The Kier molecular flexibility index (Phi) is 5.99. The van der Waals surface area contributed by atoms with E-state index in [0.717, 1.165) is 37.0 Å². The summed E-state index contributed by atoms with van der Waals surface area (Å²) >= 11 is 5.49. The van der Waals surface area contributed by atoms with Crippen molar-refractivity contribution in [3.8, 4) is 5.75 Å². The summed E-state index contributed by atoms with van der Waals surface area (Å²) in [6, 6.07) is 12.8. The second kappa shape index (κ2) is 8.83. The molecular weight excluding hydrogens is 398 g/mol. The molecule has 1 saturated carbocycles. The maximum Gasteiger partial charge on any atom is 0.262 e. The molecule has 156 valence electrons. The molecule has 2 N–H and O–H groups in total. The third-order valence-corrected chi connectivity index (χ3v) is 6.04. The molecule has 1 aromatic heterocycles. The number of amides is 1. The lowest BCUT2D eigenvalue weighted by atomic mass is 9.95. The number of carbonyl (C=O) groups excluding carboxylic acids is 1. The highest BCUT2D eigenvalue weighted by atomic mass is 32.1. The first-order valence-corrected chi connectivity index (χ1v) is 10.7. The van der Waals surface area contributed by atoms with Crippen molar-refractivity contribution < 1.29 is 9.53 Å². The number of methoxy groups -OCH3 is 1. The minimum absolute atomic E-state index is 0.0779. The predicted molar refractivity (Wildman–Crippen MR) is 120 cm³/mol. The van der Waals surface area contributed by atoms with Gasteiger partial charge in [0.25, 0.3) is 11.5 Å². The van der Waals surface area contributed by atoms with Gasteiger partial charge in [0.1, 0.15) is 5.75 Å². The van der Waals surface area contributed by atoms with Crippen LogP contribution in [0.15, 0.2) is 47.3 Å². The van der Waals surface area contributed by atoms with Crippen LogP contribution >= 0.6 is 12.2 Å². The number of carbonyl (C=O) groups is 1. The van der Waals surface area contributed by atoms with E-state index in [4.69, 9.17) is 17.0 Å². The Morgan fingerprint density at radius 1 is 1.17 bits per heavy atom. The van der Waals surface area contributed by atoms with Crippen LogP contribution in [-0.2, 0) is 6.54 Å². The van der Waals surface area contributed by atoms with E-state index in [2.05, 4.69) is 10.3 Å². The predicted octanol–water partition coefficient (Wildman–Crippen LogP) is 4.50. The maximum absolute atomic E-state index is 13.1. The van der Waals surface area contributed by atoms with E-state index in [0.29, 0.717) is 27.8 Å². The van der Waals surface area contributed by atoms with Crippen LogP contribution in [0, 0.1) is 4.77 Å². The molecule has 1 aliphatic rings. The zero-order valence-corrected chi connectivity index (χ0v) is 17.8. The summed E-state index contributed by atoms with van der Waals surface area (Å²) in [6.45, 7) is 0.403. The van der Waals surface area contributed by atoms with Crippen molar-refractivity contribution in [1.82, 2.24) is 14.9 Å². The van der Waals surface area contributed by atoms with Crippen LogP contribution in [0.1, 0.15) is 54.1 Å². The van der Waals surface area contributed by atoms with E-state index >= 15 is 0 Å². The van der Waals surface area contributed by atoms with Gasteiger partial charge in [0.2, 0.25) is 0 Å². The van der Waals surface area contributed by atoms with Gasteiger partial charge in [0.15, 0.2) is 4.77 Å². The van der Waals surface area contributed by atoms with Crippen molar-refractivity contribution in [2.75, 3.05) is 7.11 Å². The molecule has 1 amide bonds. The maximum atomic E-state index is 13.1. The van der Waals surface area contributed by atoms with Crippen LogP contribution in [0.2, 0.25) is 0 Å². The summed E-state index contributed by atoms with van der Waals surface area (Å²) in [5, 5.41) is 3.46. The molecule has 1 aliphatic carbocycles. The number of aromatic amines is 1. The van der Waals surface area contributed by atoms with E-state index in [-0.39, 0.29) is 17.5 Å². The molecule has 0 atom stereocenters. The number of ether oxygens (including phenoxy) is 1. The number of rotatable bonds is 5. The second-order valence-electron chi connectivity index (χ2n) is 7.69. The SMILES string of the molecule is COc1ccc(CNC(=O)c2ccc3c(=O)n(C4CCCCC4)c(=S)[nH]c3c2)cc1. The fourth-order valence-electron chi connectivity index (χ4n) is 4.07. The van der Waals surface area contributed by atoms with Crippen molar-refractivity contribution in [2.24, 2.45) is 0 Å². The average Bonchev–Trinajstić information content (AvgIpc) is 2.78. The van der Waals surface area contributed by atoms with Crippen LogP contribution in [0.25, 0.3) is 10.9 Å². The number of hydrogen-bond donors (Lipinski definition) is 2. The molecule has 3 aromatic rings. The van der Waals surface area contributed by atoms with Crippen LogP contribution < -0.4 is 15.6 Å². The summed E-state index contributed by atoms with van der Waals surface area (Å²) in [6.07, 6.45) is 5.42. The number of nitrogens with zero attached hydrogens (tertiary/aromatic N) is 1. The van der Waals surface area contributed by atoms with Crippen molar-refractivity contribution in [2.45, 2.75) is 44.7 Å². The number of aromatic nitrogens is 2. The van der Waals surface area contributed by atoms with Crippen LogP contribution in [-0.4, -0.2) is 22.6 Å². The fourth-order valence-corrected chi connectivity index (χ4v) is 4.41. The van der Waals surface area contributed by atoms with Gasteiger partial charge >= 0.3 is 0 Å². The van der Waals surface area contributed by atoms with Crippen LogP contribution in [0.4, 0.5) is 0 Å². The van der Waals surface area contributed by atoms with E-state index in [1.807, 2.05) is 24.3 Å². The minimum Gasteiger partial charge on any atom is -0.497 e. The molecular formula is C23H25N3O3S. The number of benzene rings is 2. The number of hydrogen-bond acceptors (Lipinski definition) is 4. The molecule has 1 heterocycles. The standard InChI is InChI=1S/C23H25N3O3S/c1-29-18-10-7-15(8-11-18)14-24-21(27)16-9-12-19-20(13-16)25-23(30)26(22(19)28)17-5-3-2-4-6-17/h7-13,17H,2-6,14H2,1H3,(H,24,27)(H,25,30). The smallest absolute Gasteiger partial charge is 0.262 e. The quantitative estimate of drug-likeness (QED) is 0.593. The van der Waals surface area contributed by atoms with Crippen molar-refractivity contribution in [3.63, 3.8) is 0 Å². The van der Waals surface area contributed by atoms with Crippen molar-refractivity contribution in [1.29, 1.82) is 0 Å². The van der Waals surface area contributed by atoms with Gasteiger partial charge in [-0.3, -0.25) is 14.2 Å². The summed E-state index contributed by atoms with van der Waals surface area (Å²) in [4.78, 5) is 28.8. The minimum atomic E-state index is -0.205. The van der Waals surface area contributed by atoms with Gasteiger partial charge in [-0.05, 0) is 61.0 Å². The van der Waals surface area contributed by atoms with Gasteiger partial charge in [0.05, 0.1) is 18.0 Å². The lowest BCUT2D eigenvalue weighted by Crippen LogP contribution is -2.28. The summed E-state index contributed by atoms with van der Waals surface area (Å²) in [7, 11) is 1.62. The average molecular weight is 424 g/mol. The Morgan fingerprint density at radius 2 is 1.90 bits per heavy atom. The molecule has 7 heteroatoms. The Labute approximate surface area is 179 Å². The van der Waals surface area contributed by atoms with E-state index in [1.165, 1.54) is 6.42 Å². The van der Waals surface area contributed by atoms with Gasteiger partial charge in [-0.15, -0.1) is 0 Å². The zero-order chi connectivity index (χ0) is 21.1. The van der Waals surface area contributed by atoms with Crippen molar-refractivity contribution >= 4 is 29.0 Å². The lowest BCUT2D eigenvalue weighted by molar-refractivity contribution is 0.0951. The van der Waals surface area contributed by atoms with Crippen LogP contribution in [0.3, 0.4) is 0 Å². The van der Waals surface area contributed by atoms with Gasteiger partial charge in [-0.1, -0.05) is 31.4 Å². The third-order valence-electron chi connectivity index (χ3n) is 5.74. The highest BCUT2D eigenvalue weighted by Crippen LogP contribution is 2.27. The molecule has 0 bridgehead atoms. The number of fused-ring (bicyclic) bond motifs is 1. The summed E-state index contributed by atoms with van der Waals surface area (Å²) < 4.78 is 7.29. The molecule has 0 saturated heterocycles. The highest BCUT2D eigenvalue weighted by molar-refractivity contribution is 7.71. The summed E-state index contributed by atoms with van der Waals surface area (Å²) in [5.74, 6) is 0.567. The third kappa shape index (κ3) is 4.16. The Bertz CT molecular complexity index is 1180.